The minimum Gasteiger partial charge on any atom is -0.458 e. The van der Waals surface area contributed by atoms with Gasteiger partial charge >= 0.3 is 12.1 Å². The molecule has 12 heteroatoms. The van der Waals surface area contributed by atoms with Gasteiger partial charge in [-0.05, 0) is 11.4 Å². The molecule has 1 aromatic rings. The van der Waals surface area contributed by atoms with Crippen LogP contribution < -0.4 is 0 Å². The summed E-state index contributed by atoms with van der Waals surface area (Å²) in [4.78, 5) is 11.1. The monoisotopic (exact) mass is 391 g/mol. The van der Waals surface area contributed by atoms with E-state index >= 15 is 0 Å². The minimum atomic E-state index is -5.15. The van der Waals surface area contributed by atoms with Crippen LogP contribution in [0.25, 0.3) is 0 Å². The summed E-state index contributed by atoms with van der Waals surface area (Å²) in [6.07, 6.45) is -8.49. The molecule has 6 nitrogen and oxygen atoms in total. The van der Waals surface area contributed by atoms with E-state index in [9.17, 15) is 30.8 Å². The number of hydrogen-bond acceptors (Lipinski definition) is 6. The van der Waals surface area contributed by atoms with Crippen molar-refractivity contribution in [2.45, 2.75) is 17.2 Å². The van der Waals surface area contributed by atoms with Crippen molar-refractivity contribution in [3.63, 3.8) is 0 Å². The normalized spacial score (nSPS) is 18.3. The van der Waals surface area contributed by atoms with E-state index in [1.54, 1.807) is 0 Å². The van der Waals surface area contributed by atoms with Gasteiger partial charge in [0.2, 0.25) is 16.2 Å². The molecule has 1 fully saturated rings. The first kappa shape index (κ1) is 19.1. The second-order valence-corrected chi connectivity index (χ2v) is 7.56. The number of alkyl halides is 4. The van der Waals surface area contributed by atoms with Gasteiger partial charge in [0.15, 0.2) is 0 Å². The van der Waals surface area contributed by atoms with Crippen molar-refractivity contribution in [3.8, 4) is 0 Å². The molecule has 0 aromatic carbocycles. The second-order valence-electron chi connectivity index (χ2n) is 4.74. The quantitative estimate of drug-likeness (QED) is 0.566. The Balaban J connectivity index is 2.13. The van der Waals surface area contributed by atoms with Gasteiger partial charge in [-0.15, -0.1) is 11.3 Å². The Kier molecular flexibility index (Phi) is 5.83. The van der Waals surface area contributed by atoms with Gasteiger partial charge in [0.1, 0.15) is 16.4 Å². The predicted molar refractivity (Wildman–Crippen MR) is 75.1 cm³/mol. The standard InChI is InChI=1S/C12H13F4NO5S2/c13-9(12(14,15)16)7-22-11(18)10-8(1-6-23-10)24(19,20)17-2-4-21-5-3-17/h1,6,9H,2-5,7H2. The zero-order valence-corrected chi connectivity index (χ0v) is 13.7. The topological polar surface area (TPSA) is 72.9 Å². The number of thiophene rings is 1. The number of halogens is 4. The van der Waals surface area contributed by atoms with Crippen molar-refractivity contribution in [1.82, 2.24) is 4.31 Å². The Hall–Kier alpha value is -1.24. The summed E-state index contributed by atoms with van der Waals surface area (Å²) in [5, 5.41) is 1.29. The third-order valence-corrected chi connectivity index (χ3v) is 6.08. The average Bonchev–Trinajstić information content (AvgIpc) is 3.02. The average molecular weight is 391 g/mol. The zero-order chi connectivity index (χ0) is 18.0. The molecule has 1 aliphatic rings. The summed E-state index contributed by atoms with van der Waals surface area (Å²) in [5.41, 5.74) is 0. The Morgan fingerprint density at radius 2 is 2.00 bits per heavy atom. The fourth-order valence-electron chi connectivity index (χ4n) is 1.88. The highest BCUT2D eigenvalue weighted by atomic mass is 32.2. The van der Waals surface area contributed by atoms with E-state index in [2.05, 4.69) is 4.74 Å². The highest BCUT2D eigenvalue weighted by Crippen LogP contribution is 2.28. The van der Waals surface area contributed by atoms with Gasteiger partial charge < -0.3 is 9.47 Å². The van der Waals surface area contributed by atoms with E-state index < -0.39 is 39.8 Å². The van der Waals surface area contributed by atoms with Crippen LogP contribution in [-0.2, 0) is 19.5 Å². The number of carbonyl (C=O) groups excluding carboxylic acids is 1. The largest absolute Gasteiger partial charge is 0.458 e. The lowest BCUT2D eigenvalue weighted by molar-refractivity contribution is -0.189. The van der Waals surface area contributed by atoms with Crippen molar-refractivity contribution in [2.75, 3.05) is 32.9 Å². The first-order valence-electron chi connectivity index (χ1n) is 6.67. The second kappa shape index (κ2) is 7.33. The van der Waals surface area contributed by atoms with E-state index in [4.69, 9.17) is 4.74 Å². The van der Waals surface area contributed by atoms with E-state index in [1.807, 2.05) is 0 Å². The van der Waals surface area contributed by atoms with Gasteiger partial charge in [-0.2, -0.15) is 17.5 Å². The maximum atomic E-state index is 12.8. The number of sulfonamides is 1. The molecule has 0 radical (unpaired) electrons. The molecule has 1 aromatic heterocycles. The third-order valence-electron chi connectivity index (χ3n) is 3.12. The van der Waals surface area contributed by atoms with Crippen LogP contribution in [0, 0.1) is 0 Å². The highest BCUT2D eigenvalue weighted by molar-refractivity contribution is 7.89. The summed E-state index contributed by atoms with van der Waals surface area (Å²) < 4.78 is 84.4. The molecule has 0 spiro atoms. The predicted octanol–water partition coefficient (Wildman–Crippen LogP) is 1.83. The lowest BCUT2D eigenvalue weighted by Gasteiger charge is -2.25. The van der Waals surface area contributed by atoms with Gasteiger partial charge in [0.25, 0.3) is 0 Å². The number of rotatable bonds is 5. The van der Waals surface area contributed by atoms with Crippen LogP contribution >= 0.6 is 11.3 Å². The fourth-order valence-corrected chi connectivity index (χ4v) is 4.58. The third kappa shape index (κ3) is 4.23. The summed E-state index contributed by atoms with van der Waals surface area (Å²) in [6.45, 7) is -0.964. The molecule has 1 unspecified atom stereocenters. The van der Waals surface area contributed by atoms with Crippen LogP contribution in [0.2, 0.25) is 0 Å². The van der Waals surface area contributed by atoms with Gasteiger partial charge in [0.05, 0.1) is 13.2 Å². The smallest absolute Gasteiger partial charge is 0.423 e. The molecular formula is C12H13F4NO5S2. The summed E-state index contributed by atoms with van der Waals surface area (Å²) >= 11 is 0.692. The molecule has 0 bridgehead atoms. The molecule has 2 heterocycles. The number of nitrogens with zero attached hydrogens (tertiary/aromatic N) is 1. The molecule has 0 N–H and O–H groups in total. The van der Waals surface area contributed by atoms with Gasteiger partial charge in [0, 0.05) is 13.1 Å². The molecular weight excluding hydrogens is 378 g/mol. The summed E-state index contributed by atoms with van der Waals surface area (Å²) in [6, 6.07) is 1.16. The number of carbonyl (C=O) groups is 1. The van der Waals surface area contributed by atoms with E-state index in [0.29, 0.717) is 11.3 Å². The van der Waals surface area contributed by atoms with Gasteiger partial charge in [-0.3, -0.25) is 0 Å². The maximum Gasteiger partial charge on any atom is 0.423 e. The van der Waals surface area contributed by atoms with Crippen LogP contribution in [0.5, 0.6) is 0 Å². The molecule has 1 aliphatic heterocycles. The lowest BCUT2D eigenvalue weighted by Crippen LogP contribution is -2.41. The molecule has 0 amide bonds. The Bertz CT molecular complexity index is 682. The van der Waals surface area contributed by atoms with Crippen molar-refractivity contribution in [1.29, 1.82) is 0 Å². The van der Waals surface area contributed by atoms with Crippen molar-refractivity contribution in [2.24, 2.45) is 0 Å². The molecule has 0 saturated carbocycles. The Labute approximate surface area is 139 Å². The molecule has 1 saturated heterocycles. The summed E-state index contributed by atoms with van der Waals surface area (Å²) in [7, 11) is -4.01. The van der Waals surface area contributed by atoms with E-state index in [-0.39, 0.29) is 31.2 Å². The Morgan fingerprint density at radius 3 is 2.58 bits per heavy atom. The first-order chi connectivity index (χ1) is 11.1. The minimum absolute atomic E-state index is 0.0906. The molecule has 136 valence electrons. The molecule has 0 aliphatic carbocycles. The molecule has 24 heavy (non-hydrogen) atoms. The van der Waals surface area contributed by atoms with Crippen molar-refractivity contribution < 1.29 is 40.2 Å². The number of morpholine rings is 1. The Morgan fingerprint density at radius 1 is 1.38 bits per heavy atom. The first-order valence-corrected chi connectivity index (χ1v) is 8.99. The van der Waals surface area contributed by atoms with Gasteiger partial charge in [-0.25, -0.2) is 17.6 Å². The number of esters is 1. The van der Waals surface area contributed by atoms with Crippen molar-refractivity contribution >= 4 is 27.3 Å². The number of ether oxygens (including phenoxy) is 2. The zero-order valence-electron chi connectivity index (χ0n) is 12.1. The van der Waals surface area contributed by atoms with Crippen LogP contribution in [-0.4, -0.2) is 64.0 Å². The molecule has 1 atom stereocenters. The van der Waals surface area contributed by atoms with Crippen LogP contribution in [0.3, 0.4) is 0 Å². The van der Waals surface area contributed by atoms with Gasteiger partial charge in [-0.1, -0.05) is 0 Å². The highest BCUT2D eigenvalue weighted by Gasteiger charge is 2.41. The van der Waals surface area contributed by atoms with Crippen LogP contribution in [0.15, 0.2) is 16.3 Å². The van der Waals surface area contributed by atoms with Crippen LogP contribution in [0.4, 0.5) is 17.6 Å². The van der Waals surface area contributed by atoms with E-state index in [1.165, 1.54) is 5.38 Å². The summed E-state index contributed by atoms with van der Waals surface area (Å²) in [5.74, 6) is -1.32. The molecule has 2 rings (SSSR count). The van der Waals surface area contributed by atoms with E-state index in [0.717, 1.165) is 10.4 Å². The maximum absolute atomic E-state index is 12.8. The number of hydrogen-bond donors (Lipinski definition) is 0. The SMILES string of the molecule is O=C(OCC(F)C(F)(F)F)c1sccc1S(=O)(=O)N1CCOCC1. The van der Waals surface area contributed by atoms with Crippen molar-refractivity contribution in [3.05, 3.63) is 16.3 Å². The van der Waals surface area contributed by atoms with Crippen LogP contribution in [0.1, 0.15) is 9.67 Å². The fraction of sp³-hybridized carbons (Fsp3) is 0.583. The lowest BCUT2D eigenvalue weighted by atomic mass is 10.4.